The summed E-state index contributed by atoms with van der Waals surface area (Å²) in [5, 5.41) is 6.19. The molecule has 0 saturated carbocycles. The summed E-state index contributed by atoms with van der Waals surface area (Å²) in [7, 11) is 0. The van der Waals surface area contributed by atoms with Crippen molar-refractivity contribution in [3.8, 4) is 0 Å². The lowest BCUT2D eigenvalue weighted by atomic mass is 10.1. The Labute approximate surface area is 153 Å². The maximum atomic E-state index is 12.1. The number of anilines is 1. The fourth-order valence-electron chi connectivity index (χ4n) is 2.57. The molecule has 0 bridgehead atoms. The van der Waals surface area contributed by atoms with Gasteiger partial charge in [-0.1, -0.05) is 30.3 Å². The molecule has 0 unspecified atom stereocenters. The van der Waals surface area contributed by atoms with Crippen molar-refractivity contribution in [3.05, 3.63) is 90.0 Å². The molecule has 0 radical (unpaired) electrons. The number of rotatable bonds is 8. The fraction of sp³-hybridized carbons (Fsp3) is 0.190. The van der Waals surface area contributed by atoms with E-state index in [9.17, 15) is 4.79 Å². The van der Waals surface area contributed by atoms with Crippen LogP contribution < -0.4 is 10.6 Å². The number of aryl methyl sites for hydroxylation is 1. The van der Waals surface area contributed by atoms with Crippen molar-refractivity contribution >= 4 is 11.6 Å². The number of carbonyl (C=O) groups excluding carboxylic acids is 1. The van der Waals surface area contributed by atoms with Crippen LogP contribution in [0.3, 0.4) is 0 Å². The highest BCUT2D eigenvalue weighted by Gasteiger charge is 2.06. The van der Waals surface area contributed by atoms with Gasteiger partial charge in [-0.25, -0.2) is 4.98 Å². The van der Waals surface area contributed by atoms with E-state index in [1.165, 1.54) is 5.56 Å². The number of nitrogens with zero attached hydrogens (tertiary/aromatic N) is 2. The molecule has 0 aliphatic rings. The largest absolute Gasteiger partial charge is 0.380 e. The number of benzene rings is 1. The molecule has 0 atom stereocenters. The van der Waals surface area contributed by atoms with Crippen LogP contribution in [0.4, 0.5) is 5.69 Å². The van der Waals surface area contributed by atoms with Crippen molar-refractivity contribution in [2.75, 3.05) is 11.9 Å². The van der Waals surface area contributed by atoms with E-state index in [1.54, 1.807) is 24.7 Å². The maximum absolute atomic E-state index is 12.1. The highest BCUT2D eigenvalue weighted by atomic mass is 16.1. The SMILES string of the molecule is O=C(NCCCc1ccccc1)c1ccc(NCc2ccncc2)cn1. The Morgan fingerprint density at radius 1 is 0.923 bits per heavy atom. The van der Waals surface area contributed by atoms with Crippen molar-refractivity contribution in [1.29, 1.82) is 0 Å². The van der Waals surface area contributed by atoms with E-state index in [4.69, 9.17) is 0 Å². The zero-order valence-corrected chi connectivity index (χ0v) is 14.6. The summed E-state index contributed by atoms with van der Waals surface area (Å²) in [4.78, 5) is 20.4. The van der Waals surface area contributed by atoms with Gasteiger partial charge in [0, 0.05) is 25.5 Å². The molecule has 0 saturated heterocycles. The van der Waals surface area contributed by atoms with Gasteiger partial charge in [0.25, 0.3) is 5.91 Å². The van der Waals surface area contributed by atoms with Crippen LogP contribution >= 0.6 is 0 Å². The third-order valence-electron chi connectivity index (χ3n) is 4.01. The Hall–Kier alpha value is -3.21. The molecule has 5 nitrogen and oxygen atoms in total. The van der Waals surface area contributed by atoms with Gasteiger partial charge in [0.2, 0.25) is 0 Å². The van der Waals surface area contributed by atoms with Crippen molar-refractivity contribution in [3.63, 3.8) is 0 Å². The van der Waals surface area contributed by atoms with Gasteiger partial charge in [-0.3, -0.25) is 9.78 Å². The summed E-state index contributed by atoms with van der Waals surface area (Å²) >= 11 is 0. The summed E-state index contributed by atoms with van der Waals surface area (Å²) in [6, 6.07) is 17.8. The Kier molecular flexibility index (Phi) is 6.31. The molecule has 2 aromatic heterocycles. The first-order valence-corrected chi connectivity index (χ1v) is 8.72. The minimum atomic E-state index is -0.140. The number of aromatic nitrogens is 2. The molecule has 2 heterocycles. The van der Waals surface area contributed by atoms with Gasteiger partial charge >= 0.3 is 0 Å². The van der Waals surface area contributed by atoms with Crippen molar-refractivity contribution in [2.45, 2.75) is 19.4 Å². The minimum absolute atomic E-state index is 0.140. The lowest BCUT2D eigenvalue weighted by Crippen LogP contribution is -2.25. The smallest absolute Gasteiger partial charge is 0.269 e. The van der Waals surface area contributed by atoms with Gasteiger partial charge in [0.05, 0.1) is 11.9 Å². The second-order valence-corrected chi connectivity index (χ2v) is 5.99. The van der Waals surface area contributed by atoms with Crippen molar-refractivity contribution in [1.82, 2.24) is 15.3 Å². The third kappa shape index (κ3) is 5.41. The summed E-state index contributed by atoms with van der Waals surface area (Å²) in [5.41, 5.74) is 3.73. The molecule has 0 spiro atoms. The van der Waals surface area contributed by atoms with E-state index in [2.05, 4.69) is 32.7 Å². The molecule has 5 heteroatoms. The number of hydrogen-bond donors (Lipinski definition) is 2. The Bertz CT molecular complexity index is 804. The average Bonchev–Trinajstić information content (AvgIpc) is 2.71. The fourth-order valence-corrected chi connectivity index (χ4v) is 2.57. The summed E-state index contributed by atoms with van der Waals surface area (Å²) in [5.74, 6) is -0.140. The molecule has 3 aromatic rings. The first kappa shape index (κ1) is 17.6. The van der Waals surface area contributed by atoms with E-state index in [-0.39, 0.29) is 5.91 Å². The van der Waals surface area contributed by atoms with E-state index in [0.717, 1.165) is 24.1 Å². The maximum Gasteiger partial charge on any atom is 0.269 e. The van der Waals surface area contributed by atoms with Crippen LogP contribution in [0.15, 0.2) is 73.2 Å². The van der Waals surface area contributed by atoms with Crippen LogP contribution in [0.1, 0.15) is 28.0 Å². The van der Waals surface area contributed by atoms with E-state index in [0.29, 0.717) is 18.8 Å². The van der Waals surface area contributed by atoms with Gasteiger partial charge in [-0.15, -0.1) is 0 Å². The zero-order chi connectivity index (χ0) is 18.0. The van der Waals surface area contributed by atoms with E-state index < -0.39 is 0 Å². The topological polar surface area (TPSA) is 66.9 Å². The monoisotopic (exact) mass is 346 g/mol. The standard InChI is InChI=1S/C21H22N4O/c26-21(23-12-4-7-17-5-2-1-3-6-17)20-9-8-19(16-25-20)24-15-18-10-13-22-14-11-18/h1-3,5-6,8-11,13-14,16,24H,4,7,12,15H2,(H,23,26). The Morgan fingerprint density at radius 2 is 1.73 bits per heavy atom. The number of nitrogens with one attached hydrogen (secondary N) is 2. The molecule has 0 fully saturated rings. The second-order valence-electron chi connectivity index (χ2n) is 5.99. The third-order valence-corrected chi connectivity index (χ3v) is 4.01. The number of carbonyl (C=O) groups is 1. The molecule has 1 amide bonds. The second kappa shape index (κ2) is 9.32. The van der Waals surface area contributed by atoms with Gasteiger partial charge in [0.1, 0.15) is 5.69 Å². The van der Waals surface area contributed by atoms with E-state index in [1.807, 2.05) is 36.4 Å². The highest BCUT2D eigenvalue weighted by molar-refractivity contribution is 5.92. The van der Waals surface area contributed by atoms with Gasteiger partial charge in [-0.05, 0) is 48.2 Å². The Balaban J connectivity index is 1.41. The molecule has 26 heavy (non-hydrogen) atoms. The van der Waals surface area contributed by atoms with Crippen LogP contribution in [0.5, 0.6) is 0 Å². The van der Waals surface area contributed by atoms with Gasteiger partial charge < -0.3 is 10.6 Å². The molecule has 0 aliphatic carbocycles. The number of hydrogen-bond acceptors (Lipinski definition) is 4. The summed E-state index contributed by atoms with van der Waals surface area (Å²) < 4.78 is 0. The predicted octanol–water partition coefficient (Wildman–Crippen LogP) is 3.45. The molecule has 1 aromatic carbocycles. The van der Waals surface area contributed by atoms with Crippen LogP contribution in [0.25, 0.3) is 0 Å². The number of pyridine rings is 2. The lowest BCUT2D eigenvalue weighted by Gasteiger charge is -2.08. The predicted molar refractivity (Wildman–Crippen MR) is 103 cm³/mol. The molecular weight excluding hydrogens is 324 g/mol. The van der Waals surface area contributed by atoms with Gasteiger partial charge in [-0.2, -0.15) is 0 Å². The summed E-state index contributed by atoms with van der Waals surface area (Å²) in [6.45, 7) is 1.33. The van der Waals surface area contributed by atoms with Crippen LogP contribution in [-0.4, -0.2) is 22.4 Å². The normalized spacial score (nSPS) is 10.3. The zero-order valence-electron chi connectivity index (χ0n) is 14.6. The molecule has 0 aliphatic heterocycles. The molecular formula is C21H22N4O. The first-order chi connectivity index (χ1) is 12.8. The van der Waals surface area contributed by atoms with E-state index >= 15 is 0 Å². The van der Waals surface area contributed by atoms with Gasteiger partial charge in [0.15, 0.2) is 0 Å². The highest BCUT2D eigenvalue weighted by Crippen LogP contribution is 2.09. The first-order valence-electron chi connectivity index (χ1n) is 8.72. The quantitative estimate of drug-likeness (QED) is 0.613. The number of amides is 1. The van der Waals surface area contributed by atoms with Crippen LogP contribution in [-0.2, 0) is 13.0 Å². The summed E-state index contributed by atoms with van der Waals surface area (Å²) in [6.07, 6.45) is 7.06. The lowest BCUT2D eigenvalue weighted by molar-refractivity contribution is 0.0948. The minimum Gasteiger partial charge on any atom is -0.380 e. The Morgan fingerprint density at radius 3 is 2.46 bits per heavy atom. The molecule has 2 N–H and O–H groups in total. The van der Waals surface area contributed by atoms with Crippen LogP contribution in [0.2, 0.25) is 0 Å². The molecule has 3 rings (SSSR count). The van der Waals surface area contributed by atoms with Crippen molar-refractivity contribution in [2.24, 2.45) is 0 Å². The average molecular weight is 346 g/mol. The molecule has 132 valence electrons. The van der Waals surface area contributed by atoms with Crippen molar-refractivity contribution < 1.29 is 4.79 Å². The van der Waals surface area contributed by atoms with Crippen LogP contribution in [0, 0.1) is 0 Å².